The Labute approximate surface area is 166 Å². The lowest BCUT2D eigenvalue weighted by atomic mass is 9.96. The third-order valence-electron chi connectivity index (χ3n) is 5.02. The molecule has 140 valence electrons. The number of aromatic nitrogens is 1. The Kier molecular flexibility index (Phi) is 5.02. The number of hydrogen-bond donors (Lipinski definition) is 1. The first-order valence-electron chi connectivity index (χ1n) is 8.89. The van der Waals surface area contributed by atoms with Crippen molar-refractivity contribution in [1.29, 1.82) is 0 Å². The number of piperidine rings is 1. The Bertz CT molecular complexity index is 998. The predicted molar refractivity (Wildman–Crippen MR) is 109 cm³/mol. The molecule has 7 heteroatoms. The molecule has 4 nitrogen and oxygen atoms in total. The van der Waals surface area contributed by atoms with Crippen LogP contribution in [0.1, 0.15) is 18.4 Å². The topological polar surface area (TPSA) is 45.2 Å². The van der Waals surface area contributed by atoms with E-state index in [-0.39, 0.29) is 17.6 Å². The highest BCUT2D eigenvalue weighted by atomic mass is 35.5. The summed E-state index contributed by atoms with van der Waals surface area (Å²) in [6.07, 6.45) is 1.48. The van der Waals surface area contributed by atoms with Crippen molar-refractivity contribution in [3.8, 4) is 0 Å². The highest BCUT2D eigenvalue weighted by Crippen LogP contribution is 2.33. The number of amides is 1. The van der Waals surface area contributed by atoms with Gasteiger partial charge in [-0.05, 0) is 49.6 Å². The lowest BCUT2D eigenvalue weighted by Gasteiger charge is -2.31. The number of benzene rings is 2. The number of anilines is 2. The van der Waals surface area contributed by atoms with Gasteiger partial charge in [-0.3, -0.25) is 4.79 Å². The van der Waals surface area contributed by atoms with Crippen molar-refractivity contribution >= 4 is 49.9 Å². The Morgan fingerprint density at radius 1 is 1.26 bits per heavy atom. The Morgan fingerprint density at radius 2 is 2.00 bits per heavy atom. The molecule has 2 aromatic carbocycles. The first kappa shape index (κ1) is 18.2. The zero-order valence-electron chi connectivity index (χ0n) is 14.8. The molecular formula is C20H19ClFN3OS. The zero-order valence-corrected chi connectivity index (χ0v) is 16.4. The summed E-state index contributed by atoms with van der Waals surface area (Å²) in [6.45, 7) is 3.36. The molecule has 0 atom stereocenters. The number of rotatable bonds is 3. The van der Waals surface area contributed by atoms with Crippen molar-refractivity contribution in [2.45, 2.75) is 19.8 Å². The van der Waals surface area contributed by atoms with Crippen LogP contribution in [-0.4, -0.2) is 24.0 Å². The fourth-order valence-electron chi connectivity index (χ4n) is 3.35. The van der Waals surface area contributed by atoms with Gasteiger partial charge in [0.1, 0.15) is 11.3 Å². The fraction of sp³-hybridized carbons (Fsp3) is 0.300. The van der Waals surface area contributed by atoms with E-state index >= 15 is 0 Å². The number of para-hydroxylation sites is 1. The molecule has 2 heterocycles. The number of carbonyl (C=O) groups is 1. The van der Waals surface area contributed by atoms with Crippen LogP contribution in [0.5, 0.6) is 0 Å². The second-order valence-electron chi connectivity index (χ2n) is 6.75. The minimum Gasteiger partial charge on any atom is -0.348 e. The third-order valence-corrected chi connectivity index (χ3v) is 6.51. The molecule has 27 heavy (non-hydrogen) atoms. The van der Waals surface area contributed by atoms with Crippen LogP contribution < -0.4 is 10.2 Å². The molecular weight excluding hydrogens is 385 g/mol. The molecule has 1 amide bonds. The first-order chi connectivity index (χ1) is 13.0. The standard InChI is InChI=1S/C20H19ClFN3OS/c1-12-14(21)4-2-6-16(12)23-19(26)13-8-10-25(11-9-13)20-24-18-15(22)5-3-7-17(18)27-20/h2-7,13H,8-11H2,1H3,(H,23,26). The average Bonchev–Trinajstić information content (AvgIpc) is 3.11. The van der Waals surface area contributed by atoms with E-state index in [9.17, 15) is 9.18 Å². The van der Waals surface area contributed by atoms with Gasteiger partial charge in [-0.15, -0.1) is 0 Å². The lowest BCUT2D eigenvalue weighted by molar-refractivity contribution is -0.120. The van der Waals surface area contributed by atoms with Gasteiger partial charge in [0.25, 0.3) is 0 Å². The minimum atomic E-state index is -0.291. The number of thiazole rings is 1. The summed E-state index contributed by atoms with van der Waals surface area (Å²) in [7, 11) is 0. The lowest BCUT2D eigenvalue weighted by Crippen LogP contribution is -2.38. The highest BCUT2D eigenvalue weighted by Gasteiger charge is 2.27. The molecule has 0 bridgehead atoms. The van der Waals surface area contributed by atoms with E-state index in [0.717, 1.165) is 47.0 Å². The Morgan fingerprint density at radius 3 is 2.74 bits per heavy atom. The van der Waals surface area contributed by atoms with Crippen molar-refractivity contribution < 1.29 is 9.18 Å². The van der Waals surface area contributed by atoms with Gasteiger partial charge < -0.3 is 10.2 Å². The number of hydrogen-bond acceptors (Lipinski definition) is 4. The molecule has 1 aliphatic rings. The maximum absolute atomic E-state index is 13.9. The van der Waals surface area contributed by atoms with Crippen molar-refractivity contribution in [2.24, 2.45) is 5.92 Å². The largest absolute Gasteiger partial charge is 0.348 e. The summed E-state index contributed by atoms with van der Waals surface area (Å²) in [6, 6.07) is 10.5. The van der Waals surface area contributed by atoms with Crippen LogP contribution in [0.3, 0.4) is 0 Å². The number of carbonyl (C=O) groups excluding carboxylic acids is 1. The van der Waals surface area contributed by atoms with Crippen molar-refractivity contribution in [2.75, 3.05) is 23.3 Å². The summed E-state index contributed by atoms with van der Waals surface area (Å²) in [4.78, 5) is 19.2. The molecule has 0 aliphatic carbocycles. The number of nitrogens with one attached hydrogen (secondary N) is 1. The molecule has 0 radical (unpaired) electrons. The smallest absolute Gasteiger partial charge is 0.227 e. The van der Waals surface area contributed by atoms with E-state index in [1.54, 1.807) is 6.07 Å². The summed E-state index contributed by atoms with van der Waals surface area (Å²) in [5, 5.41) is 4.46. The van der Waals surface area contributed by atoms with Crippen LogP contribution in [0.2, 0.25) is 5.02 Å². The molecule has 3 aromatic rings. The predicted octanol–water partition coefficient (Wildman–Crippen LogP) is 5.25. The van der Waals surface area contributed by atoms with Crippen molar-refractivity contribution in [3.63, 3.8) is 0 Å². The van der Waals surface area contributed by atoms with Crippen LogP contribution >= 0.6 is 22.9 Å². The van der Waals surface area contributed by atoms with Crippen LogP contribution in [0.25, 0.3) is 10.2 Å². The molecule has 1 N–H and O–H groups in total. The van der Waals surface area contributed by atoms with Gasteiger partial charge >= 0.3 is 0 Å². The average molecular weight is 404 g/mol. The second kappa shape index (κ2) is 7.44. The summed E-state index contributed by atoms with van der Waals surface area (Å²) in [5.74, 6) is -0.317. The van der Waals surface area contributed by atoms with Gasteiger partial charge in [-0.2, -0.15) is 0 Å². The number of nitrogens with zero attached hydrogens (tertiary/aromatic N) is 2. The minimum absolute atomic E-state index is 0.0235. The van der Waals surface area contributed by atoms with E-state index in [2.05, 4.69) is 15.2 Å². The zero-order chi connectivity index (χ0) is 19.0. The highest BCUT2D eigenvalue weighted by molar-refractivity contribution is 7.22. The molecule has 1 aliphatic heterocycles. The molecule has 4 rings (SSSR count). The van der Waals surface area contributed by atoms with E-state index in [0.29, 0.717) is 10.5 Å². The fourth-order valence-corrected chi connectivity index (χ4v) is 4.56. The monoisotopic (exact) mass is 403 g/mol. The summed E-state index contributed by atoms with van der Waals surface area (Å²) >= 11 is 7.62. The number of halogens is 2. The molecule has 1 saturated heterocycles. The maximum atomic E-state index is 13.9. The summed E-state index contributed by atoms with van der Waals surface area (Å²) in [5.41, 5.74) is 2.06. The van der Waals surface area contributed by atoms with Gasteiger partial charge in [0, 0.05) is 29.7 Å². The first-order valence-corrected chi connectivity index (χ1v) is 10.1. The van der Waals surface area contributed by atoms with Crippen LogP contribution in [0.4, 0.5) is 15.2 Å². The maximum Gasteiger partial charge on any atom is 0.227 e. The van der Waals surface area contributed by atoms with Crippen LogP contribution in [-0.2, 0) is 4.79 Å². The van der Waals surface area contributed by atoms with Gasteiger partial charge in [-0.25, -0.2) is 9.37 Å². The van der Waals surface area contributed by atoms with Gasteiger partial charge in [0.05, 0.1) is 4.70 Å². The summed E-state index contributed by atoms with van der Waals surface area (Å²) < 4.78 is 14.7. The molecule has 1 fully saturated rings. The van der Waals surface area contributed by atoms with Gasteiger partial charge in [0.15, 0.2) is 5.13 Å². The van der Waals surface area contributed by atoms with Crippen LogP contribution in [0.15, 0.2) is 36.4 Å². The van der Waals surface area contributed by atoms with Crippen LogP contribution in [0, 0.1) is 18.7 Å². The Hall–Kier alpha value is -2.18. The van der Waals surface area contributed by atoms with Gasteiger partial charge in [0.2, 0.25) is 5.91 Å². The normalized spacial score (nSPS) is 15.3. The SMILES string of the molecule is Cc1c(Cl)cccc1NC(=O)C1CCN(c2nc3c(F)cccc3s2)CC1. The van der Waals surface area contributed by atoms with E-state index < -0.39 is 0 Å². The Balaban J connectivity index is 1.41. The van der Waals surface area contributed by atoms with E-state index in [1.165, 1.54) is 17.4 Å². The van der Waals surface area contributed by atoms with Crippen molar-refractivity contribution in [3.05, 3.63) is 52.8 Å². The van der Waals surface area contributed by atoms with E-state index in [1.807, 2.05) is 31.2 Å². The van der Waals surface area contributed by atoms with Gasteiger partial charge in [-0.1, -0.05) is 35.1 Å². The third kappa shape index (κ3) is 3.64. The second-order valence-corrected chi connectivity index (χ2v) is 8.16. The van der Waals surface area contributed by atoms with Crippen molar-refractivity contribution in [1.82, 2.24) is 4.98 Å². The molecule has 0 unspecified atom stereocenters. The number of fused-ring (bicyclic) bond motifs is 1. The van der Waals surface area contributed by atoms with E-state index in [4.69, 9.17) is 11.6 Å². The molecule has 0 saturated carbocycles. The quantitative estimate of drug-likeness (QED) is 0.649. The molecule has 0 spiro atoms. The molecule has 1 aromatic heterocycles.